The average molecular weight is 925 g/mol. The van der Waals surface area contributed by atoms with Crippen LogP contribution in [-0.2, 0) is 0 Å². The van der Waals surface area contributed by atoms with Crippen molar-refractivity contribution in [2.75, 3.05) is 9.80 Å². The summed E-state index contributed by atoms with van der Waals surface area (Å²) in [6.07, 6.45) is 0. The minimum atomic E-state index is 0.245. The monoisotopic (exact) mass is 924 g/mol. The Hall–Kier alpha value is -8.72. The van der Waals surface area contributed by atoms with Gasteiger partial charge >= 0.3 is 0 Å². The van der Waals surface area contributed by atoms with E-state index in [1.54, 1.807) is 0 Å². The van der Waals surface area contributed by atoms with Crippen molar-refractivity contribution in [2.24, 2.45) is 0 Å². The SMILES string of the molecule is CC(C)c1cc(N(c2ccccc2)c2cc(-c3ccccc3)ccc2-c2ccccc2)c2ccc3c(C(C)C)cc(N(c4ccccc4)c4cc(-c5ccccc5)ccc4-c4ccccc4)c4ccc1c2c34. The second-order valence-corrected chi connectivity index (χ2v) is 19.6. The quantitative estimate of drug-likeness (QED) is 0.113. The van der Waals surface area contributed by atoms with Crippen LogP contribution in [0.5, 0.6) is 0 Å². The van der Waals surface area contributed by atoms with Gasteiger partial charge in [-0.3, -0.25) is 0 Å². The van der Waals surface area contributed by atoms with Gasteiger partial charge in [0.25, 0.3) is 0 Å². The molecule has 0 unspecified atom stereocenters. The van der Waals surface area contributed by atoms with Crippen LogP contribution in [0, 0.1) is 0 Å². The summed E-state index contributed by atoms with van der Waals surface area (Å²) in [5.41, 5.74) is 18.9. The minimum absolute atomic E-state index is 0.245. The second kappa shape index (κ2) is 18.9. The van der Waals surface area contributed by atoms with E-state index in [1.165, 1.54) is 88.0 Å². The fourth-order valence-corrected chi connectivity index (χ4v) is 11.1. The van der Waals surface area contributed by atoms with Gasteiger partial charge in [0.2, 0.25) is 0 Å². The van der Waals surface area contributed by atoms with Crippen LogP contribution in [0.3, 0.4) is 0 Å². The molecule has 12 rings (SSSR count). The first-order valence-electron chi connectivity index (χ1n) is 25.4. The van der Waals surface area contributed by atoms with E-state index in [0.29, 0.717) is 0 Å². The summed E-state index contributed by atoms with van der Waals surface area (Å²) in [5, 5.41) is 7.62. The predicted octanol–water partition coefficient (Wildman–Crippen LogP) is 20.4. The molecule has 0 aliphatic heterocycles. The van der Waals surface area contributed by atoms with Crippen LogP contribution >= 0.6 is 0 Å². The molecular formula is C70H56N2. The average Bonchev–Trinajstić information content (AvgIpc) is 3.44. The van der Waals surface area contributed by atoms with E-state index in [2.05, 4.69) is 292 Å². The van der Waals surface area contributed by atoms with Gasteiger partial charge < -0.3 is 9.80 Å². The van der Waals surface area contributed by atoms with E-state index >= 15 is 0 Å². The standard InChI is InChI=1S/C70H56N2/c1-47(2)63-45-67(71(55-31-19-9-20-32-55)65-43-53(49-23-11-5-12-24-49)35-37-57(65)51-27-15-7-16-28-51)61-42-40-60-64(48(3)4)46-68(62-41-39-59(63)69(61)70(60)62)72(56-33-21-10-22-34-56)66-44-54(50-25-13-6-14-26-50)36-38-58(66)52-29-17-8-18-30-52/h5-48H,1-4H3. The third-order valence-electron chi connectivity index (χ3n) is 14.5. The molecule has 0 spiro atoms. The topological polar surface area (TPSA) is 6.48 Å². The van der Waals surface area contributed by atoms with Crippen LogP contribution < -0.4 is 9.80 Å². The van der Waals surface area contributed by atoms with Crippen LogP contribution in [0.1, 0.15) is 50.7 Å². The summed E-state index contributed by atoms with van der Waals surface area (Å²) in [5.74, 6) is 0.489. The second-order valence-electron chi connectivity index (χ2n) is 19.6. The van der Waals surface area contributed by atoms with Crippen molar-refractivity contribution in [3.05, 3.63) is 266 Å². The van der Waals surface area contributed by atoms with Crippen molar-refractivity contribution >= 4 is 66.4 Å². The zero-order valence-corrected chi connectivity index (χ0v) is 41.3. The summed E-state index contributed by atoms with van der Waals surface area (Å²) in [6.45, 7) is 9.39. The molecule has 0 saturated heterocycles. The highest BCUT2D eigenvalue weighted by Gasteiger charge is 2.28. The molecule has 0 radical (unpaired) electrons. The molecule has 0 heterocycles. The predicted molar refractivity (Wildman–Crippen MR) is 309 cm³/mol. The Balaban J connectivity index is 1.20. The Morgan fingerprint density at radius 1 is 0.250 bits per heavy atom. The molecule has 0 fully saturated rings. The maximum Gasteiger partial charge on any atom is 0.0546 e. The van der Waals surface area contributed by atoms with E-state index < -0.39 is 0 Å². The third kappa shape index (κ3) is 7.96. The summed E-state index contributed by atoms with van der Waals surface area (Å²) >= 11 is 0. The number of para-hydroxylation sites is 2. The Morgan fingerprint density at radius 3 is 0.889 bits per heavy atom. The lowest BCUT2D eigenvalue weighted by Crippen LogP contribution is -2.14. The number of hydrogen-bond donors (Lipinski definition) is 0. The van der Waals surface area contributed by atoms with Crippen molar-refractivity contribution in [3.8, 4) is 44.5 Å². The molecule has 0 saturated carbocycles. The van der Waals surface area contributed by atoms with E-state index in [0.717, 1.165) is 34.1 Å². The van der Waals surface area contributed by atoms with Crippen molar-refractivity contribution in [1.29, 1.82) is 0 Å². The van der Waals surface area contributed by atoms with Gasteiger partial charge in [-0.1, -0.05) is 234 Å². The van der Waals surface area contributed by atoms with Gasteiger partial charge in [-0.2, -0.15) is 0 Å². The maximum absolute atomic E-state index is 2.54. The van der Waals surface area contributed by atoms with Crippen molar-refractivity contribution < 1.29 is 0 Å². The first-order valence-corrected chi connectivity index (χ1v) is 25.4. The molecule has 12 aromatic rings. The number of anilines is 6. The van der Waals surface area contributed by atoms with E-state index in [1.807, 2.05) is 0 Å². The highest BCUT2D eigenvalue weighted by molar-refractivity contribution is 6.29. The minimum Gasteiger partial charge on any atom is -0.309 e. The van der Waals surface area contributed by atoms with E-state index in [-0.39, 0.29) is 11.8 Å². The highest BCUT2D eigenvalue weighted by Crippen LogP contribution is 2.53. The zero-order chi connectivity index (χ0) is 48.7. The molecule has 0 bridgehead atoms. The van der Waals surface area contributed by atoms with Crippen molar-refractivity contribution in [1.82, 2.24) is 0 Å². The Bertz CT molecular complexity index is 3570. The lowest BCUT2D eigenvalue weighted by atomic mass is 9.83. The van der Waals surface area contributed by atoms with Crippen molar-refractivity contribution in [3.63, 3.8) is 0 Å². The smallest absolute Gasteiger partial charge is 0.0546 e. The molecule has 346 valence electrons. The molecular weight excluding hydrogens is 869 g/mol. The Morgan fingerprint density at radius 2 is 0.556 bits per heavy atom. The van der Waals surface area contributed by atoms with Gasteiger partial charge in [0.15, 0.2) is 0 Å². The van der Waals surface area contributed by atoms with Crippen LogP contribution in [-0.4, -0.2) is 0 Å². The number of nitrogens with zero attached hydrogens (tertiary/aromatic N) is 2. The first kappa shape index (κ1) is 44.5. The number of rotatable bonds is 12. The fraction of sp³-hybridized carbons (Fsp3) is 0.0857. The van der Waals surface area contributed by atoms with E-state index in [9.17, 15) is 0 Å². The normalized spacial score (nSPS) is 11.6. The summed E-state index contributed by atoms with van der Waals surface area (Å²) in [7, 11) is 0. The largest absolute Gasteiger partial charge is 0.309 e. The van der Waals surface area contributed by atoms with Gasteiger partial charge in [0.1, 0.15) is 0 Å². The van der Waals surface area contributed by atoms with Crippen molar-refractivity contribution in [2.45, 2.75) is 39.5 Å². The van der Waals surface area contributed by atoms with Crippen LogP contribution in [0.15, 0.2) is 255 Å². The van der Waals surface area contributed by atoms with Crippen LogP contribution in [0.2, 0.25) is 0 Å². The Labute approximate surface area is 424 Å². The number of benzene rings is 12. The molecule has 0 aliphatic carbocycles. The molecule has 2 heteroatoms. The maximum atomic E-state index is 2.54. The van der Waals surface area contributed by atoms with Gasteiger partial charge in [0, 0.05) is 33.3 Å². The molecule has 2 nitrogen and oxygen atoms in total. The van der Waals surface area contributed by atoms with Crippen LogP contribution in [0.4, 0.5) is 34.1 Å². The Kier molecular flexibility index (Phi) is 11.7. The summed E-state index contributed by atoms with van der Waals surface area (Å²) < 4.78 is 0. The molecule has 0 atom stereocenters. The third-order valence-corrected chi connectivity index (χ3v) is 14.5. The van der Waals surface area contributed by atoms with Gasteiger partial charge in [-0.05, 0) is 126 Å². The molecule has 72 heavy (non-hydrogen) atoms. The summed E-state index contributed by atoms with van der Waals surface area (Å²) in [4.78, 5) is 5.07. The van der Waals surface area contributed by atoms with Crippen LogP contribution in [0.25, 0.3) is 76.8 Å². The molecule has 0 aromatic heterocycles. The summed E-state index contributed by atoms with van der Waals surface area (Å²) in [6, 6.07) is 93.9. The van der Waals surface area contributed by atoms with Gasteiger partial charge in [0.05, 0.1) is 22.7 Å². The van der Waals surface area contributed by atoms with E-state index in [4.69, 9.17) is 0 Å². The molecule has 0 N–H and O–H groups in total. The zero-order valence-electron chi connectivity index (χ0n) is 41.3. The molecule has 12 aromatic carbocycles. The van der Waals surface area contributed by atoms with Gasteiger partial charge in [-0.15, -0.1) is 0 Å². The highest BCUT2D eigenvalue weighted by atomic mass is 15.2. The first-order chi connectivity index (χ1) is 35.4. The lowest BCUT2D eigenvalue weighted by Gasteiger charge is -2.33. The number of hydrogen-bond acceptors (Lipinski definition) is 2. The molecule has 0 aliphatic rings. The molecule has 0 amide bonds. The fourth-order valence-electron chi connectivity index (χ4n) is 11.1. The van der Waals surface area contributed by atoms with Gasteiger partial charge in [-0.25, -0.2) is 0 Å². The lowest BCUT2D eigenvalue weighted by molar-refractivity contribution is 0.875.